The van der Waals surface area contributed by atoms with Crippen LogP contribution in [-0.4, -0.2) is 48.3 Å². The van der Waals surface area contributed by atoms with Gasteiger partial charge in [0, 0.05) is 29.6 Å². The van der Waals surface area contributed by atoms with Crippen molar-refractivity contribution in [3.63, 3.8) is 0 Å². The van der Waals surface area contributed by atoms with Gasteiger partial charge in [0.25, 0.3) is 10.1 Å². The van der Waals surface area contributed by atoms with Crippen LogP contribution >= 0.6 is 0 Å². The van der Waals surface area contributed by atoms with Crippen LogP contribution in [0.3, 0.4) is 0 Å². The maximum atomic E-state index is 10.3. The first-order valence-electron chi connectivity index (χ1n) is 4.51. The van der Waals surface area contributed by atoms with Gasteiger partial charge in [-0.3, -0.25) is 4.55 Å². The van der Waals surface area contributed by atoms with Gasteiger partial charge in [-0.2, -0.15) is 8.42 Å². The van der Waals surface area contributed by atoms with Crippen molar-refractivity contribution in [2.45, 2.75) is 45.4 Å². The van der Waals surface area contributed by atoms with Crippen molar-refractivity contribution in [2.24, 2.45) is 0 Å². The van der Waals surface area contributed by atoms with Gasteiger partial charge in [0.15, 0.2) is 0 Å². The molecule has 0 bridgehead atoms. The molecule has 0 amide bonds. The monoisotopic (exact) mass is 217 g/mol. The minimum atomic E-state index is -3.72. The zero-order valence-corrected chi connectivity index (χ0v) is 11.4. The quantitative estimate of drug-likeness (QED) is 0.402. The summed E-state index contributed by atoms with van der Waals surface area (Å²) in [6.45, 7) is 2.14. The third kappa shape index (κ3) is 15.6. The molecule has 0 atom stereocenters. The van der Waals surface area contributed by atoms with Gasteiger partial charge >= 0.3 is 0 Å². The van der Waals surface area contributed by atoms with Crippen LogP contribution in [0.2, 0.25) is 0 Å². The smallest absolute Gasteiger partial charge is 0.264 e. The molecule has 0 aromatic heterocycles. The van der Waals surface area contributed by atoms with Crippen LogP contribution in [0.15, 0.2) is 0 Å². The largest absolute Gasteiger partial charge is 0.286 e. The summed E-state index contributed by atoms with van der Waals surface area (Å²) in [5.74, 6) is -0.0842. The standard InChI is InChI=1S/C8H18O3S.Na/c1-2-3-4-5-6-7-8-12(9,10)11;/h2-8H2,1H3,(H,9,10,11);. The van der Waals surface area contributed by atoms with E-state index in [9.17, 15) is 8.42 Å². The fraction of sp³-hybridized carbons (Fsp3) is 1.00. The van der Waals surface area contributed by atoms with Crippen LogP contribution in [0.4, 0.5) is 0 Å². The second kappa shape index (κ2) is 9.46. The molecule has 0 fully saturated rings. The van der Waals surface area contributed by atoms with Crippen molar-refractivity contribution >= 4 is 39.7 Å². The molecule has 1 N–H and O–H groups in total. The molecule has 0 aromatic rings. The second-order valence-corrected chi connectivity index (χ2v) is 4.63. The number of rotatable bonds is 7. The van der Waals surface area contributed by atoms with Crippen LogP contribution in [0.25, 0.3) is 0 Å². The molecule has 75 valence electrons. The van der Waals surface area contributed by atoms with E-state index in [1.54, 1.807) is 0 Å². The first-order chi connectivity index (χ1) is 5.56. The van der Waals surface area contributed by atoms with Gasteiger partial charge < -0.3 is 0 Å². The third-order valence-electron chi connectivity index (χ3n) is 1.76. The number of unbranched alkanes of at least 4 members (excludes halogenated alkanes) is 5. The minimum Gasteiger partial charge on any atom is -0.286 e. The van der Waals surface area contributed by atoms with Gasteiger partial charge in [-0.1, -0.05) is 39.0 Å². The molecule has 0 heterocycles. The normalized spacial score (nSPS) is 10.9. The molecule has 0 unspecified atom stereocenters. The predicted molar refractivity (Wildman–Crippen MR) is 55.5 cm³/mol. The Morgan fingerprint density at radius 2 is 1.46 bits per heavy atom. The zero-order chi connectivity index (χ0) is 9.45. The van der Waals surface area contributed by atoms with Crippen LogP contribution in [0.5, 0.6) is 0 Å². The van der Waals surface area contributed by atoms with Crippen LogP contribution in [-0.2, 0) is 10.1 Å². The number of hydrogen-bond donors (Lipinski definition) is 1. The maximum Gasteiger partial charge on any atom is 0.264 e. The summed E-state index contributed by atoms with van der Waals surface area (Å²) in [6, 6.07) is 0. The molecule has 0 saturated carbocycles. The van der Waals surface area contributed by atoms with E-state index in [4.69, 9.17) is 4.55 Å². The van der Waals surface area contributed by atoms with Crippen molar-refractivity contribution in [2.75, 3.05) is 5.75 Å². The van der Waals surface area contributed by atoms with E-state index in [0.717, 1.165) is 12.8 Å². The Kier molecular flexibility index (Phi) is 11.9. The van der Waals surface area contributed by atoms with Gasteiger partial charge in [-0.05, 0) is 6.42 Å². The molecule has 0 aliphatic carbocycles. The number of hydrogen-bond acceptors (Lipinski definition) is 2. The van der Waals surface area contributed by atoms with Crippen LogP contribution in [0, 0.1) is 0 Å². The van der Waals surface area contributed by atoms with Gasteiger partial charge in [-0.15, -0.1) is 0 Å². The van der Waals surface area contributed by atoms with Crippen molar-refractivity contribution in [1.29, 1.82) is 0 Å². The zero-order valence-electron chi connectivity index (χ0n) is 8.62. The average molecular weight is 217 g/mol. The van der Waals surface area contributed by atoms with Crippen molar-refractivity contribution < 1.29 is 13.0 Å². The third-order valence-corrected chi connectivity index (χ3v) is 2.56. The Bertz CT molecular complexity index is 190. The Hall–Kier alpha value is 0.910. The molecule has 0 saturated heterocycles. The molecule has 0 spiro atoms. The fourth-order valence-corrected chi connectivity index (χ4v) is 1.63. The Morgan fingerprint density at radius 1 is 1.00 bits per heavy atom. The summed E-state index contributed by atoms with van der Waals surface area (Å²) in [4.78, 5) is 0. The van der Waals surface area contributed by atoms with Crippen LogP contribution in [0.1, 0.15) is 45.4 Å². The summed E-state index contributed by atoms with van der Waals surface area (Å²) >= 11 is 0. The molecular weight excluding hydrogens is 199 g/mol. The van der Waals surface area contributed by atoms with Gasteiger partial charge in [0.1, 0.15) is 0 Å². The van der Waals surface area contributed by atoms with Crippen LogP contribution < -0.4 is 0 Å². The SMILES string of the molecule is CCCCCCCCS(=O)(=O)O.[Na]. The topological polar surface area (TPSA) is 54.4 Å². The summed E-state index contributed by atoms with van der Waals surface area (Å²) in [5.41, 5.74) is 0. The second-order valence-electron chi connectivity index (χ2n) is 3.05. The molecule has 0 aromatic carbocycles. The maximum absolute atomic E-state index is 10.3. The van der Waals surface area contributed by atoms with E-state index in [1.807, 2.05) is 0 Å². The minimum absolute atomic E-state index is 0. The van der Waals surface area contributed by atoms with Gasteiger partial charge in [0.2, 0.25) is 0 Å². The fourth-order valence-electron chi connectivity index (χ4n) is 1.06. The summed E-state index contributed by atoms with van der Waals surface area (Å²) in [6.07, 6.45) is 6.14. The average Bonchev–Trinajstić information content (AvgIpc) is 1.94. The molecule has 5 heteroatoms. The van der Waals surface area contributed by atoms with E-state index < -0.39 is 10.1 Å². The Balaban J connectivity index is 0. The van der Waals surface area contributed by atoms with Crippen molar-refractivity contribution in [3.8, 4) is 0 Å². The predicted octanol–water partition coefficient (Wildman–Crippen LogP) is 1.85. The van der Waals surface area contributed by atoms with E-state index in [0.29, 0.717) is 6.42 Å². The summed E-state index contributed by atoms with van der Waals surface area (Å²) in [7, 11) is -3.72. The summed E-state index contributed by atoms with van der Waals surface area (Å²) in [5, 5.41) is 0. The molecule has 0 aliphatic heterocycles. The molecule has 13 heavy (non-hydrogen) atoms. The van der Waals surface area contributed by atoms with E-state index in [1.165, 1.54) is 19.3 Å². The Labute approximate surface area is 103 Å². The summed E-state index contributed by atoms with van der Waals surface area (Å²) < 4.78 is 28.9. The first-order valence-corrected chi connectivity index (χ1v) is 6.12. The van der Waals surface area contributed by atoms with E-state index in [-0.39, 0.29) is 35.3 Å². The molecule has 0 aliphatic rings. The van der Waals surface area contributed by atoms with E-state index >= 15 is 0 Å². The van der Waals surface area contributed by atoms with Crippen molar-refractivity contribution in [3.05, 3.63) is 0 Å². The molecule has 0 rings (SSSR count). The first kappa shape index (κ1) is 16.3. The molecule has 3 nitrogen and oxygen atoms in total. The van der Waals surface area contributed by atoms with E-state index in [2.05, 4.69) is 6.92 Å². The van der Waals surface area contributed by atoms with Gasteiger partial charge in [-0.25, -0.2) is 0 Å². The van der Waals surface area contributed by atoms with Crippen molar-refractivity contribution in [1.82, 2.24) is 0 Å². The Morgan fingerprint density at radius 3 is 1.92 bits per heavy atom. The van der Waals surface area contributed by atoms with Gasteiger partial charge in [0.05, 0.1) is 5.75 Å². The molecule has 1 radical (unpaired) electrons. The molecular formula is C8H18NaO3S.